The fraction of sp³-hybridized carbons (Fsp3) is 0. The van der Waals surface area contributed by atoms with Gasteiger partial charge in [0, 0.05) is 50.5 Å². The summed E-state index contributed by atoms with van der Waals surface area (Å²) < 4.78 is 0. The minimum absolute atomic E-state index is 0. The van der Waals surface area contributed by atoms with E-state index in [0.29, 0.717) is 0 Å². The molecule has 24 valence electrons. The average molecular weight is 302 g/mol. The van der Waals surface area contributed by atoms with Crippen LogP contribution in [0.5, 0.6) is 0 Å². The SMILES string of the molecule is [Ge].[Ge]=[Ge].[Si].[Si].[Si]. The van der Waals surface area contributed by atoms with E-state index in [4.69, 9.17) is 0 Å². The first-order valence-electron chi connectivity index (χ1n) is 0.250. The maximum atomic E-state index is 2.00. The summed E-state index contributed by atoms with van der Waals surface area (Å²) in [5, 5.41) is 0. The second-order valence-corrected chi connectivity index (χ2v) is 0. The molecule has 0 aliphatic carbocycles. The molecular weight excluding hydrogens is 302 g/mol. The number of hydrogen-bond acceptors (Lipinski definition) is 0. The molecule has 0 aromatic heterocycles. The molecule has 20 radical (unpaired) electrons. The first-order chi connectivity index (χ1) is 1.00. The topological polar surface area (TPSA) is 0 Å². The van der Waals surface area contributed by atoms with Crippen molar-refractivity contribution in [3.63, 3.8) is 0 Å². The van der Waals surface area contributed by atoms with Gasteiger partial charge in [0.25, 0.3) is 0 Å². The fourth-order valence-corrected chi connectivity index (χ4v) is 0. The Kier molecular flexibility index (Phi) is 376. The molecule has 0 saturated heterocycles. The van der Waals surface area contributed by atoms with Crippen LogP contribution in [-0.4, -0.2) is 78.5 Å². The maximum Gasteiger partial charge on any atom is 0 e. The van der Waals surface area contributed by atoms with Gasteiger partial charge < -0.3 is 0 Å². The molecule has 6 heteroatoms. The third-order valence-electron chi connectivity index (χ3n) is 0. The molecule has 0 aliphatic heterocycles. The summed E-state index contributed by atoms with van der Waals surface area (Å²) in [5.74, 6) is 0. The molecule has 0 unspecified atom stereocenters. The van der Waals surface area contributed by atoms with E-state index in [2.05, 4.69) is 0 Å². The number of hydrogen-bond donors (Lipinski definition) is 0. The van der Waals surface area contributed by atoms with Gasteiger partial charge in [-0.3, -0.25) is 0 Å². The molecule has 0 saturated carbocycles. The standard InChI is InChI=1S/Ge2.Ge.3Si/c1-2;;;;. The Balaban J connectivity index is -0.000000000833. The van der Waals surface area contributed by atoms with Gasteiger partial charge in [-0.2, -0.15) is 0 Å². The van der Waals surface area contributed by atoms with Crippen LogP contribution >= 0.6 is 0 Å². The Morgan fingerprint density at radius 2 is 0.667 bits per heavy atom. The molecule has 0 aromatic rings. The van der Waals surface area contributed by atoms with Crippen molar-refractivity contribution in [2.24, 2.45) is 0 Å². The zero-order chi connectivity index (χ0) is 2.00. The monoisotopic (exact) mass is 306 g/mol. The molecule has 0 spiro atoms. The Morgan fingerprint density at radius 3 is 0.667 bits per heavy atom. The van der Waals surface area contributed by atoms with Crippen LogP contribution in [0.1, 0.15) is 0 Å². The summed E-state index contributed by atoms with van der Waals surface area (Å²) in [5.41, 5.74) is 0. The molecule has 6 heavy (non-hydrogen) atoms. The third kappa shape index (κ3) is 33.7. The van der Waals surface area contributed by atoms with Gasteiger partial charge in [0.2, 0.25) is 0 Å². The van der Waals surface area contributed by atoms with Crippen LogP contribution < -0.4 is 0 Å². The quantitative estimate of drug-likeness (QED) is 0.442. The largest absolute Gasteiger partial charge is 0 e. The molecule has 0 nitrogen and oxygen atoms in total. The molecular formula is Ge3Si3. The van der Waals surface area contributed by atoms with Crippen molar-refractivity contribution in [2.75, 3.05) is 0 Å². The number of rotatable bonds is 0. The van der Waals surface area contributed by atoms with Crippen molar-refractivity contribution >= 4 is 78.5 Å². The second kappa shape index (κ2) is 55.2. The van der Waals surface area contributed by atoms with Crippen LogP contribution in [0.15, 0.2) is 0 Å². The first-order valence-corrected chi connectivity index (χ1v) is 6.75. The van der Waals surface area contributed by atoms with Crippen molar-refractivity contribution in [3.8, 4) is 0 Å². The molecule has 0 fully saturated rings. The molecule has 0 aromatic carbocycles. The van der Waals surface area contributed by atoms with Gasteiger partial charge in [0.1, 0.15) is 0 Å². The Labute approximate surface area is 77.8 Å². The molecule has 0 aliphatic rings. The van der Waals surface area contributed by atoms with Gasteiger partial charge in [-0.1, -0.05) is 0 Å². The summed E-state index contributed by atoms with van der Waals surface area (Å²) in [7, 11) is 0. The van der Waals surface area contributed by atoms with Crippen molar-refractivity contribution in [1.29, 1.82) is 0 Å². The Hall–Kier alpha value is 2.28. The summed E-state index contributed by atoms with van der Waals surface area (Å²) in [6.45, 7) is 0. The van der Waals surface area contributed by atoms with Gasteiger partial charge in [0.05, 0.1) is 0 Å². The summed E-state index contributed by atoms with van der Waals surface area (Å²) in [4.78, 5) is 0. The zero-order valence-electron chi connectivity index (χ0n) is 3.00. The smallest absolute Gasteiger partial charge is 0 e. The van der Waals surface area contributed by atoms with Crippen LogP contribution in [0.4, 0.5) is 0 Å². The van der Waals surface area contributed by atoms with Crippen molar-refractivity contribution in [1.82, 2.24) is 0 Å². The van der Waals surface area contributed by atoms with Gasteiger partial charge in [0.15, 0.2) is 0 Å². The fourth-order valence-electron chi connectivity index (χ4n) is 0. The van der Waals surface area contributed by atoms with Crippen molar-refractivity contribution < 1.29 is 0 Å². The second-order valence-electron chi connectivity index (χ2n) is 0. The average Bonchev–Trinajstić information content (AvgIpc) is 1.00. The van der Waals surface area contributed by atoms with Crippen LogP contribution in [0.25, 0.3) is 0 Å². The molecule has 0 rings (SSSR count). The van der Waals surface area contributed by atoms with Crippen molar-refractivity contribution in [3.05, 3.63) is 0 Å². The Morgan fingerprint density at radius 1 is 0.667 bits per heavy atom. The van der Waals surface area contributed by atoms with E-state index in [1.54, 1.807) is 0 Å². The van der Waals surface area contributed by atoms with Gasteiger partial charge in [-0.25, -0.2) is 0 Å². The molecule has 0 N–H and O–H groups in total. The summed E-state index contributed by atoms with van der Waals surface area (Å²) in [6, 6.07) is 0. The van der Waals surface area contributed by atoms with Gasteiger partial charge >= 0.3 is 28.0 Å². The minimum atomic E-state index is 0. The van der Waals surface area contributed by atoms with Crippen LogP contribution in [-0.2, 0) is 0 Å². The van der Waals surface area contributed by atoms with E-state index in [1.807, 2.05) is 28.0 Å². The van der Waals surface area contributed by atoms with Crippen LogP contribution in [0.2, 0.25) is 0 Å². The van der Waals surface area contributed by atoms with Gasteiger partial charge in [-0.15, -0.1) is 0 Å². The predicted octanol–water partition coefficient (Wildman–Crippen LogP) is -2.28. The summed E-state index contributed by atoms with van der Waals surface area (Å²) in [6.07, 6.45) is 0. The molecule has 0 heterocycles. The van der Waals surface area contributed by atoms with E-state index in [0.717, 1.165) is 0 Å². The zero-order valence-corrected chi connectivity index (χ0v) is 12.3. The Bertz CT molecular complexity index is 6.00. The van der Waals surface area contributed by atoms with E-state index < -0.39 is 0 Å². The van der Waals surface area contributed by atoms with E-state index in [1.165, 1.54) is 0 Å². The normalized spacial score (nSPS) is 0.667. The molecule has 0 atom stereocenters. The van der Waals surface area contributed by atoms with Crippen molar-refractivity contribution in [2.45, 2.75) is 0 Å². The van der Waals surface area contributed by atoms with Crippen LogP contribution in [0, 0.1) is 0 Å². The minimum Gasteiger partial charge on any atom is 0 e. The maximum absolute atomic E-state index is 2.00. The first kappa shape index (κ1) is 40.8. The van der Waals surface area contributed by atoms with E-state index in [-0.39, 0.29) is 50.5 Å². The third-order valence-corrected chi connectivity index (χ3v) is 0. The van der Waals surface area contributed by atoms with E-state index >= 15 is 0 Å². The predicted molar refractivity (Wildman–Crippen MR) is 34.5 cm³/mol. The summed E-state index contributed by atoms with van der Waals surface area (Å²) >= 11 is 4.00. The van der Waals surface area contributed by atoms with Gasteiger partial charge in [-0.05, 0) is 0 Å². The van der Waals surface area contributed by atoms with Crippen LogP contribution in [0.3, 0.4) is 0 Å². The molecule has 0 bridgehead atoms. The van der Waals surface area contributed by atoms with E-state index in [9.17, 15) is 0 Å². The molecule has 0 amide bonds.